The lowest BCUT2D eigenvalue weighted by atomic mass is 10.2. The van der Waals surface area contributed by atoms with Crippen LogP contribution < -0.4 is 10.1 Å². The first-order valence-corrected chi connectivity index (χ1v) is 9.58. The third-order valence-electron chi connectivity index (χ3n) is 3.37. The van der Waals surface area contributed by atoms with E-state index in [1.807, 2.05) is 25.1 Å². The van der Waals surface area contributed by atoms with Gasteiger partial charge in [-0.3, -0.25) is 4.79 Å². The Kier molecular flexibility index (Phi) is 6.52. The van der Waals surface area contributed by atoms with Crippen LogP contribution in [0.5, 0.6) is 5.75 Å². The molecule has 0 aliphatic rings. The molecule has 0 aliphatic heterocycles. The van der Waals surface area contributed by atoms with Crippen molar-refractivity contribution in [1.82, 2.24) is 5.32 Å². The average Bonchev–Trinajstić information content (AvgIpc) is 2.53. The average molecular weight is 365 g/mol. The van der Waals surface area contributed by atoms with Crippen molar-refractivity contribution >= 4 is 15.7 Å². The molecule has 2 aromatic carbocycles. The molecule has 25 heavy (non-hydrogen) atoms. The van der Waals surface area contributed by atoms with Gasteiger partial charge in [0.25, 0.3) is 0 Å². The van der Waals surface area contributed by atoms with Crippen LogP contribution in [0.15, 0.2) is 48.5 Å². The van der Waals surface area contributed by atoms with Crippen molar-refractivity contribution in [1.29, 1.82) is 0 Å². The Labute approximate surface area is 146 Å². The molecule has 7 heteroatoms. The summed E-state index contributed by atoms with van der Waals surface area (Å²) in [6, 6.07) is 13.1. The first kappa shape index (κ1) is 18.9. The van der Waals surface area contributed by atoms with Crippen LogP contribution in [0.4, 0.5) is 4.39 Å². The summed E-state index contributed by atoms with van der Waals surface area (Å²) in [5.41, 5.74) is 1.11. The molecule has 0 fully saturated rings. The summed E-state index contributed by atoms with van der Waals surface area (Å²) >= 11 is 0. The number of benzene rings is 2. The van der Waals surface area contributed by atoms with E-state index in [9.17, 15) is 17.6 Å². The Hall–Kier alpha value is -2.41. The number of rotatable bonds is 8. The first-order chi connectivity index (χ1) is 11.9. The summed E-state index contributed by atoms with van der Waals surface area (Å²) in [5.74, 6) is -1.75. The molecule has 5 nitrogen and oxygen atoms in total. The van der Waals surface area contributed by atoms with Gasteiger partial charge in [-0.15, -0.1) is 0 Å². The van der Waals surface area contributed by atoms with Crippen LogP contribution in [-0.4, -0.2) is 33.2 Å². The fourth-order valence-electron chi connectivity index (χ4n) is 2.22. The first-order valence-electron chi connectivity index (χ1n) is 7.76. The SMILES string of the molecule is Cc1cccc(OCCNC(=O)CS(=O)(=O)Cc2ccccc2F)c1. The lowest BCUT2D eigenvalue weighted by Gasteiger charge is -2.09. The molecule has 0 unspecified atom stereocenters. The number of hydrogen-bond acceptors (Lipinski definition) is 4. The minimum atomic E-state index is -3.74. The predicted octanol–water partition coefficient (Wildman–Crippen LogP) is 2.24. The molecule has 0 atom stereocenters. The van der Waals surface area contributed by atoms with Gasteiger partial charge >= 0.3 is 0 Å². The van der Waals surface area contributed by atoms with E-state index in [2.05, 4.69) is 5.32 Å². The molecule has 0 spiro atoms. The van der Waals surface area contributed by atoms with E-state index < -0.39 is 33.1 Å². The van der Waals surface area contributed by atoms with Crippen molar-refractivity contribution in [2.24, 2.45) is 0 Å². The van der Waals surface area contributed by atoms with E-state index in [1.165, 1.54) is 18.2 Å². The van der Waals surface area contributed by atoms with Crippen molar-refractivity contribution in [2.75, 3.05) is 18.9 Å². The maximum Gasteiger partial charge on any atom is 0.235 e. The van der Waals surface area contributed by atoms with Gasteiger partial charge < -0.3 is 10.1 Å². The van der Waals surface area contributed by atoms with Crippen LogP contribution >= 0.6 is 0 Å². The summed E-state index contributed by atoms with van der Waals surface area (Å²) < 4.78 is 43.0. The summed E-state index contributed by atoms with van der Waals surface area (Å²) in [6.45, 7) is 2.35. The fourth-order valence-corrected chi connectivity index (χ4v) is 3.53. The quantitative estimate of drug-likeness (QED) is 0.728. The lowest BCUT2D eigenvalue weighted by molar-refractivity contribution is -0.118. The zero-order valence-electron chi connectivity index (χ0n) is 13.9. The number of amides is 1. The normalized spacial score (nSPS) is 11.1. The van der Waals surface area contributed by atoms with Gasteiger partial charge in [-0.05, 0) is 30.7 Å². The Balaban J connectivity index is 1.76. The molecule has 0 radical (unpaired) electrons. The van der Waals surface area contributed by atoms with Crippen molar-refractivity contribution < 1.29 is 22.3 Å². The van der Waals surface area contributed by atoms with Crippen LogP contribution in [0.3, 0.4) is 0 Å². The minimum Gasteiger partial charge on any atom is -0.492 e. The van der Waals surface area contributed by atoms with Crippen LogP contribution in [0.25, 0.3) is 0 Å². The zero-order chi connectivity index (χ0) is 18.3. The molecular weight excluding hydrogens is 345 g/mol. The Bertz CT molecular complexity index is 836. The molecule has 2 aromatic rings. The van der Waals surface area contributed by atoms with E-state index in [1.54, 1.807) is 12.1 Å². The highest BCUT2D eigenvalue weighted by molar-refractivity contribution is 7.91. The van der Waals surface area contributed by atoms with Gasteiger partial charge in [0.2, 0.25) is 5.91 Å². The number of sulfone groups is 1. The third-order valence-corrected chi connectivity index (χ3v) is 4.82. The highest BCUT2D eigenvalue weighted by Gasteiger charge is 2.18. The standard InChI is InChI=1S/C18H20FNO4S/c1-14-5-4-7-16(11-14)24-10-9-20-18(21)13-25(22,23)12-15-6-2-3-8-17(15)19/h2-8,11H,9-10,12-13H2,1H3,(H,20,21). The van der Waals surface area contributed by atoms with Gasteiger partial charge in [0.05, 0.1) is 12.3 Å². The van der Waals surface area contributed by atoms with Crippen molar-refractivity contribution in [3.63, 3.8) is 0 Å². The number of ether oxygens (including phenoxy) is 1. The molecule has 2 rings (SSSR count). The summed E-state index contributed by atoms with van der Waals surface area (Å²) in [4.78, 5) is 11.8. The molecule has 0 saturated heterocycles. The molecule has 0 aromatic heterocycles. The molecule has 0 bridgehead atoms. The zero-order valence-corrected chi connectivity index (χ0v) is 14.7. The van der Waals surface area contributed by atoms with Gasteiger partial charge in [0, 0.05) is 5.56 Å². The van der Waals surface area contributed by atoms with Crippen LogP contribution in [-0.2, 0) is 20.4 Å². The maximum atomic E-state index is 13.5. The number of hydrogen-bond donors (Lipinski definition) is 1. The van der Waals surface area contributed by atoms with E-state index in [0.29, 0.717) is 5.75 Å². The largest absolute Gasteiger partial charge is 0.492 e. The second kappa shape index (κ2) is 8.62. The van der Waals surface area contributed by atoms with Crippen molar-refractivity contribution in [3.8, 4) is 5.75 Å². The van der Waals surface area contributed by atoms with Gasteiger partial charge in [0.1, 0.15) is 23.9 Å². The Morgan fingerprint density at radius 3 is 2.64 bits per heavy atom. The molecule has 0 aliphatic carbocycles. The van der Waals surface area contributed by atoms with Crippen LogP contribution in [0.2, 0.25) is 0 Å². The summed E-state index contributed by atoms with van der Waals surface area (Å²) in [5, 5.41) is 2.49. The van der Waals surface area contributed by atoms with Crippen LogP contribution in [0.1, 0.15) is 11.1 Å². The number of halogens is 1. The number of nitrogens with one attached hydrogen (secondary N) is 1. The smallest absolute Gasteiger partial charge is 0.235 e. The predicted molar refractivity (Wildman–Crippen MR) is 93.6 cm³/mol. The Morgan fingerprint density at radius 2 is 1.92 bits per heavy atom. The highest BCUT2D eigenvalue weighted by Crippen LogP contribution is 2.12. The second-order valence-corrected chi connectivity index (χ2v) is 7.70. The number of carbonyl (C=O) groups is 1. The topological polar surface area (TPSA) is 72.5 Å². The van der Waals surface area contributed by atoms with Gasteiger partial charge in [-0.25, -0.2) is 12.8 Å². The molecular formula is C18H20FNO4S. The highest BCUT2D eigenvalue weighted by atomic mass is 32.2. The molecule has 1 amide bonds. The lowest BCUT2D eigenvalue weighted by Crippen LogP contribution is -2.33. The van der Waals surface area contributed by atoms with Crippen molar-refractivity contribution in [3.05, 3.63) is 65.5 Å². The van der Waals surface area contributed by atoms with Gasteiger partial charge in [0.15, 0.2) is 9.84 Å². The van der Waals surface area contributed by atoms with E-state index in [0.717, 1.165) is 5.56 Å². The number of carbonyl (C=O) groups excluding carboxylic acids is 1. The Morgan fingerprint density at radius 1 is 1.16 bits per heavy atom. The maximum absolute atomic E-state index is 13.5. The summed E-state index contributed by atoms with van der Waals surface area (Å²) in [6.07, 6.45) is 0. The van der Waals surface area contributed by atoms with Crippen molar-refractivity contribution in [2.45, 2.75) is 12.7 Å². The van der Waals surface area contributed by atoms with E-state index in [4.69, 9.17) is 4.74 Å². The summed E-state index contributed by atoms with van der Waals surface area (Å²) in [7, 11) is -3.74. The minimum absolute atomic E-state index is 0.0538. The van der Waals surface area contributed by atoms with E-state index in [-0.39, 0.29) is 18.7 Å². The van der Waals surface area contributed by atoms with Gasteiger partial charge in [-0.2, -0.15) is 0 Å². The fraction of sp³-hybridized carbons (Fsp3) is 0.278. The monoisotopic (exact) mass is 365 g/mol. The molecule has 1 N–H and O–H groups in total. The third kappa shape index (κ3) is 6.54. The molecule has 0 heterocycles. The number of aryl methyl sites for hydroxylation is 1. The second-order valence-electron chi connectivity index (χ2n) is 5.64. The molecule has 0 saturated carbocycles. The van der Waals surface area contributed by atoms with Gasteiger partial charge in [-0.1, -0.05) is 30.3 Å². The van der Waals surface area contributed by atoms with Crippen LogP contribution in [0, 0.1) is 12.7 Å². The van der Waals surface area contributed by atoms with E-state index >= 15 is 0 Å². The molecule has 134 valence electrons.